The van der Waals surface area contributed by atoms with E-state index in [0.717, 1.165) is 43.8 Å². The van der Waals surface area contributed by atoms with Crippen LogP contribution in [-0.4, -0.2) is 21.4 Å². The normalized spacial score (nSPS) is 20.2. The van der Waals surface area contributed by atoms with Crippen molar-refractivity contribution in [2.24, 2.45) is 0 Å². The maximum Gasteiger partial charge on any atom is 0.109 e. The minimum Gasteiger partial charge on any atom is -0.392 e. The number of aliphatic hydroxyl groups excluding tert-OH is 3. The molecule has 0 aromatic heterocycles. The summed E-state index contributed by atoms with van der Waals surface area (Å²) in [5.41, 5.74) is 3.68. The Bertz CT molecular complexity index is 956. The van der Waals surface area contributed by atoms with Crippen LogP contribution in [-0.2, 0) is 6.61 Å². The summed E-state index contributed by atoms with van der Waals surface area (Å²) >= 11 is 0. The fourth-order valence-corrected chi connectivity index (χ4v) is 3.74. The zero-order valence-electron chi connectivity index (χ0n) is 12.8. The lowest BCUT2D eigenvalue weighted by atomic mass is 9.84. The number of hydrogen-bond donors (Lipinski definition) is 3. The van der Waals surface area contributed by atoms with Crippen LogP contribution >= 0.6 is 0 Å². The van der Waals surface area contributed by atoms with Crippen LogP contribution in [0.4, 0.5) is 0 Å². The fraction of sp³-hybridized carbons (Fsp3) is 0.200. The number of benzene rings is 3. The van der Waals surface area contributed by atoms with Crippen LogP contribution < -0.4 is 0 Å². The van der Waals surface area contributed by atoms with Crippen molar-refractivity contribution in [1.29, 1.82) is 0 Å². The molecule has 23 heavy (non-hydrogen) atoms. The van der Waals surface area contributed by atoms with Gasteiger partial charge in [-0.1, -0.05) is 48.6 Å². The predicted molar refractivity (Wildman–Crippen MR) is 92.1 cm³/mol. The molecule has 2 atom stereocenters. The zero-order chi connectivity index (χ0) is 16.1. The lowest BCUT2D eigenvalue weighted by Crippen LogP contribution is -2.19. The molecule has 0 heterocycles. The predicted octanol–water partition coefficient (Wildman–Crippen LogP) is 3.21. The molecule has 0 aliphatic heterocycles. The lowest BCUT2D eigenvalue weighted by Gasteiger charge is -2.25. The summed E-state index contributed by atoms with van der Waals surface area (Å²) in [6, 6.07) is 11.8. The van der Waals surface area contributed by atoms with E-state index in [9.17, 15) is 15.3 Å². The third-order valence-corrected chi connectivity index (χ3v) is 4.90. The molecule has 1 aliphatic carbocycles. The average molecular weight is 306 g/mol. The highest BCUT2D eigenvalue weighted by molar-refractivity contribution is 6.09. The van der Waals surface area contributed by atoms with Gasteiger partial charge in [0.25, 0.3) is 0 Å². The molecule has 3 aromatic rings. The second kappa shape index (κ2) is 5.17. The Morgan fingerprint density at radius 1 is 0.957 bits per heavy atom. The lowest BCUT2D eigenvalue weighted by molar-refractivity contribution is 0.0471. The Hall–Kier alpha value is -2.20. The molecule has 0 saturated carbocycles. The first-order chi connectivity index (χ1) is 11.1. The topological polar surface area (TPSA) is 60.7 Å². The third kappa shape index (κ3) is 1.94. The van der Waals surface area contributed by atoms with Crippen LogP contribution in [0, 0.1) is 6.92 Å². The fourth-order valence-electron chi connectivity index (χ4n) is 3.74. The van der Waals surface area contributed by atoms with Crippen LogP contribution in [0.1, 0.15) is 28.4 Å². The molecule has 1 aliphatic rings. The number of fused-ring (bicyclic) bond motifs is 4. The van der Waals surface area contributed by atoms with Crippen molar-refractivity contribution >= 4 is 27.6 Å². The van der Waals surface area contributed by atoms with Gasteiger partial charge in [0, 0.05) is 0 Å². The Balaban J connectivity index is 2.22. The van der Waals surface area contributed by atoms with Crippen molar-refractivity contribution in [3.63, 3.8) is 0 Å². The number of aliphatic hydroxyl groups is 3. The molecule has 0 bridgehead atoms. The van der Waals surface area contributed by atoms with Gasteiger partial charge in [0.05, 0.1) is 6.61 Å². The largest absolute Gasteiger partial charge is 0.392 e. The van der Waals surface area contributed by atoms with E-state index in [0.29, 0.717) is 0 Å². The quantitative estimate of drug-likeness (QED) is 0.605. The second-order valence-corrected chi connectivity index (χ2v) is 6.09. The van der Waals surface area contributed by atoms with Gasteiger partial charge in [0.15, 0.2) is 0 Å². The molecular formula is C20H18O3. The molecule has 0 spiro atoms. The van der Waals surface area contributed by atoms with E-state index >= 15 is 0 Å². The minimum atomic E-state index is -0.914. The molecular weight excluding hydrogens is 288 g/mol. The van der Waals surface area contributed by atoms with Crippen molar-refractivity contribution in [3.05, 3.63) is 64.7 Å². The van der Waals surface area contributed by atoms with Crippen molar-refractivity contribution < 1.29 is 15.3 Å². The molecule has 0 unspecified atom stereocenters. The van der Waals surface area contributed by atoms with Gasteiger partial charge < -0.3 is 15.3 Å². The maximum absolute atomic E-state index is 10.3. The summed E-state index contributed by atoms with van der Waals surface area (Å²) in [7, 11) is 0. The van der Waals surface area contributed by atoms with Gasteiger partial charge in [-0.3, -0.25) is 0 Å². The number of aryl methyl sites for hydroxylation is 1. The Labute approximate surface area is 134 Å². The molecule has 0 saturated heterocycles. The summed E-state index contributed by atoms with van der Waals surface area (Å²) in [5.74, 6) is 0. The molecule has 3 heteroatoms. The van der Waals surface area contributed by atoms with Gasteiger partial charge in [-0.2, -0.15) is 0 Å². The molecule has 3 aromatic carbocycles. The highest BCUT2D eigenvalue weighted by atomic mass is 16.3. The van der Waals surface area contributed by atoms with E-state index in [1.807, 2.05) is 36.4 Å². The minimum absolute atomic E-state index is 0.0367. The van der Waals surface area contributed by atoms with E-state index in [1.54, 1.807) is 6.08 Å². The highest BCUT2D eigenvalue weighted by Gasteiger charge is 2.25. The van der Waals surface area contributed by atoms with Crippen LogP contribution in [0.25, 0.3) is 27.6 Å². The summed E-state index contributed by atoms with van der Waals surface area (Å²) in [6.45, 7) is 2.03. The molecule has 116 valence electrons. The summed E-state index contributed by atoms with van der Waals surface area (Å²) < 4.78 is 0. The maximum atomic E-state index is 10.3. The van der Waals surface area contributed by atoms with Gasteiger partial charge in [-0.15, -0.1) is 0 Å². The first kappa shape index (κ1) is 14.4. The number of rotatable bonds is 1. The average Bonchev–Trinajstić information content (AvgIpc) is 2.58. The molecule has 0 fully saturated rings. The van der Waals surface area contributed by atoms with E-state index in [1.165, 1.54) is 0 Å². The summed E-state index contributed by atoms with van der Waals surface area (Å²) in [6.07, 6.45) is 1.71. The Morgan fingerprint density at radius 3 is 2.43 bits per heavy atom. The smallest absolute Gasteiger partial charge is 0.109 e. The van der Waals surface area contributed by atoms with Gasteiger partial charge in [-0.25, -0.2) is 0 Å². The van der Waals surface area contributed by atoms with Gasteiger partial charge in [0.2, 0.25) is 0 Å². The Morgan fingerprint density at radius 2 is 1.70 bits per heavy atom. The Kier molecular flexibility index (Phi) is 3.23. The van der Waals surface area contributed by atoms with E-state index in [4.69, 9.17) is 0 Å². The van der Waals surface area contributed by atoms with Crippen LogP contribution in [0.5, 0.6) is 0 Å². The van der Waals surface area contributed by atoms with E-state index < -0.39 is 12.2 Å². The molecule has 3 N–H and O–H groups in total. The second-order valence-electron chi connectivity index (χ2n) is 6.09. The van der Waals surface area contributed by atoms with Crippen molar-refractivity contribution in [2.75, 3.05) is 0 Å². The van der Waals surface area contributed by atoms with E-state index in [-0.39, 0.29) is 6.61 Å². The van der Waals surface area contributed by atoms with Gasteiger partial charge in [-0.05, 0) is 50.7 Å². The SMILES string of the molecule is Cc1c2ccccc2c(CO)c2ccc3c(c12)C=C[C@H](O)[C@H]3O. The van der Waals surface area contributed by atoms with Gasteiger partial charge in [0.1, 0.15) is 12.2 Å². The molecule has 0 amide bonds. The first-order valence-corrected chi connectivity index (χ1v) is 7.75. The monoisotopic (exact) mass is 306 g/mol. The van der Waals surface area contributed by atoms with Crippen LogP contribution in [0.2, 0.25) is 0 Å². The summed E-state index contributed by atoms with van der Waals surface area (Å²) in [5, 5.41) is 34.2. The highest BCUT2D eigenvalue weighted by Crippen LogP contribution is 2.39. The molecule has 3 nitrogen and oxygen atoms in total. The van der Waals surface area contributed by atoms with Crippen molar-refractivity contribution in [2.45, 2.75) is 25.7 Å². The van der Waals surface area contributed by atoms with Crippen LogP contribution in [0.15, 0.2) is 42.5 Å². The zero-order valence-corrected chi connectivity index (χ0v) is 12.8. The third-order valence-electron chi connectivity index (χ3n) is 4.90. The molecule has 4 rings (SSSR count). The van der Waals surface area contributed by atoms with E-state index in [2.05, 4.69) is 13.0 Å². The van der Waals surface area contributed by atoms with Crippen molar-refractivity contribution in [3.8, 4) is 0 Å². The first-order valence-electron chi connectivity index (χ1n) is 7.75. The molecule has 0 radical (unpaired) electrons. The van der Waals surface area contributed by atoms with Crippen LogP contribution in [0.3, 0.4) is 0 Å². The standard InChI is InChI=1S/C20H18O3/c1-11-12-4-2-3-5-13(12)17(10-21)15-6-7-16-14(19(11)15)8-9-18(22)20(16)23/h2-9,18,20-23H,10H2,1H3/t18-,20-/m0/s1. The number of hydrogen-bond acceptors (Lipinski definition) is 3. The summed E-state index contributed by atoms with van der Waals surface area (Å²) in [4.78, 5) is 0. The van der Waals surface area contributed by atoms with Gasteiger partial charge >= 0.3 is 0 Å². The van der Waals surface area contributed by atoms with Crippen molar-refractivity contribution in [1.82, 2.24) is 0 Å².